The Morgan fingerprint density at radius 1 is 0.966 bits per heavy atom. The van der Waals surface area contributed by atoms with Crippen molar-refractivity contribution in [2.75, 3.05) is 23.8 Å². The van der Waals surface area contributed by atoms with Gasteiger partial charge in [0, 0.05) is 17.3 Å². The van der Waals surface area contributed by atoms with Gasteiger partial charge in [0.25, 0.3) is 11.8 Å². The maximum absolute atomic E-state index is 12.5. The molecule has 0 saturated heterocycles. The van der Waals surface area contributed by atoms with Crippen LogP contribution in [0.2, 0.25) is 5.02 Å². The molecule has 0 aliphatic rings. The fourth-order valence-corrected chi connectivity index (χ4v) is 2.34. The first-order valence-electron chi connectivity index (χ1n) is 8.50. The number of carbonyl (C=O) groups excluding carboxylic acids is 4. The summed E-state index contributed by atoms with van der Waals surface area (Å²) in [7, 11) is 0. The van der Waals surface area contributed by atoms with Crippen LogP contribution in [0.4, 0.5) is 16.2 Å². The number of amides is 4. The zero-order chi connectivity index (χ0) is 21.2. The summed E-state index contributed by atoms with van der Waals surface area (Å²) in [6.45, 7) is -0.536. The molecule has 2 aromatic carbocycles. The summed E-state index contributed by atoms with van der Waals surface area (Å²) in [4.78, 5) is 46.6. The molecule has 0 aromatic heterocycles. The second-order valence-electron chi connectivity index (χ2n) is 5.76. The van der Waals surface area contributed by atoms with E-state index < -0.39 is 30.4 Å². The summed E-state index contributed by atoms with van der Waals surface area (Å²) < 4.78 is 4.81. The van der Waals surface area contributed by atoms with E-state index in [0.29, 0.717) is 10.7 Å². The predicted molar refractivity (Wildman–Crippen MR) is 108 cm³/mol. The van der Waals surface area contributed by atoms with Gasteiger partial charge in [-0.25, -0.2) is 4.79 Å². The van der Waals surface area contributed by atoms with Crippen LogP contribution in [0.3, 0.4) is 0 Å². The summed E-state index contributed by atoms with van der Waals surface area (Å²) in [6, 6.07) is 12.2. The molecule has 0 radical (unpaired) electrons. The first-order valence-corrected chi connectivity index (χ1v) is 8.87. The smallest absolute Gasteiger partial charge is 0.312 e. The van der Waals surface area contributed by atoms with Gasteiger partial charge in [0.2, 0.25) is 0 Å². The normalized spacial score (nSPS) is 9.97. The van der Waals surface area contributed by atoms with Crippen LogP contribution in [0, 0.1) is 0 Å². The van der Waals surface area contributed by atoms with Crippen molar-refractivity contribution < 1.29 is 23.9 Å². The van der Waals surface area contributed by atoms with Crippen molar-refractivity contribution in [2.24, 2.45) is 5.73 Å². The van der Waals surface area contributed by atoms with Gasteiger partial charge in [-0.05, 0) is 36.4 Å². The number of anilines is 2. The largest absolute Gasteiger partial charge is 0.456 e. The van der Waals surface area contributed by atoms with Crippen LogP contribution in [-0.4, -0.2) is 37.0 Å². The van der Waals surface area contributed by atoms with Gasteiger partial charge in [-0.15, -0.1) is 0 Å². The molecule has 4 amide bonds. The standard InChI is InChI=1S/C19H19ClN4O5/c20-12-5-7-13(8-6-12)23-18(27)14-3-1-2-4-15(14)24-16(25)11-29-17(26)9-10-22-19(21)28/h1-8H,9-11H2,(H,23,27)(H,24,25)(H3,21,22,28). The van der Waals surface area contributed by atoms with Crippen LogP contribution in [-0.2, 0) is 14.3 Å². The number of carbonyl (C=O) groups is 4. The Bertz CT molecular complexity index is 902. The lowest BCUT2D eigenvalue weighted by atomic mass is 10.1. The molecule has 5 N–H and O–H groups in total. The summed E-state index contributed by atoms with van der Waals surface area (Å²) in [5.41, 5.74) is 5.91. The summed E-state index contributed by atoms with van der Waals surface area (Å²) in [6.07, 6.45) is -0.129. The molecule has 0 aliphatic carbocycles. The number of esters is 1. The number of rotatable bonds is 8. The maximum Gasteiger partial charge on any atom is 0.312 e. The monoisotopic (exact) mass is 418 g/mol. The van der Waals surface area contributed by atoms with Gasteiger partial charge in [0.15, 0.2) is 6.61 Å². The van der Waals surface area contributed by atoms with Crippen molar-refractivity contribution in [3.63, 3.8) is 0 Å². The van der Waals surface area contributed by atoms with Crippen LogP contribution in [0.25, 0.3) is 0 Å². The van der Waals surface area contributed by atoms with Crippen LogP contribution in [0.15, 0.2) is 48.5 Å². The molecule has 0 saturated carbocycles. The molecule has 0 fully saturated rings. The number of benzene rings is 2. The number of hydrogen-bond acceptors (Lipinski definition) is 5. The van der Waals surface area contributed by atoms with E-state index in [0.717, 1.165) is 0 Å². The molecular formula is C19H19ClN4O5. The second-order valence-corrected chi connectivity index (χ2v) is 6.19. The number of nitrogens with one attached hydrogen (secondary N) is 3. The molecule has 152 valence electrons. The Morgan fingerprint density at radius 2 is 1.66 bits per heavy atom. The van der Waals surface area contributed by atoms with Gasteiger partial charge in [-0.3, -0.25) is 14.4 Å². The molecule has 0 heterocycles. The zero-order valence-electron chi connectivity index (χ0n) is 15.2. The molecule has 0 aliphatic heterocycles. The highest BCUT2D eigenvalue weighted by Gasteiger charge is 2.14. The third-order valence-electron chi connectivity index (χ3n) is 3.54. The predicted octanol–water partition coefficient (Wildman–Crippen LogP) is 2.13. The molecule has 0 spiro atoms. The fourth-order valence-electron chi connectivity index (χ4n) is 2.21. The van der Waals surface area contributed by atoms with Crippen molar-refractivity contribution >= 4 is 46.8 Å². The Balaban J connectivity index is 1.91. The number of hydrogen-bond donors (Lipinski definition) is 4. The zero-order valence-corrected chi connectivity index (χ0v) is 16.0. The van der Waals surface area contributed by atoms with Crippen LogP contribution in [0.1, 0.15) is 16.8 Å². The molecule has 9 nitrogen and oxygen atoms in total. The molecule has 2 aromatic rings. The van der Waals surface area contributed by atoms with Gasteiger partial charge in [0.1, 0.15) is 0 Å². The minimum absolute atomic E-state index is 0.00346. The summed E-state index contributed by atoms with van der Waals surface area (Å²) in [5.74, 6) is -1.73. The lowest BCUT2D eigenvalue weighted by Crippen LogP contribution is -2.31. The molecule has 0 bridgehead atoms. The van der Waals surface area contributed by atoms with Crippen molar-refractivity contribution in [3.05, 3.63) is 59.1 Å². The third kappa shape index (κ3) is 7.51. The van der Waals surface area contributed by atoms with Gasteiger partial charge < -0.3 is 26.4 Å². The number of urea groups is 1. The average molecular weight is 419 g/mol. The van der Waals surface area contributed by atoms with Gasteiger partial charge in [-0.2, -0.15) is 0 Å². The average Bonchev–Trinajstić information content (AvgIpc) is 2.68. The fraction of sp³-hybridized carbons (Fsp3) is 0.158. The van der Waals surface area contributed by atoms with E-state index in [1.165, 1.54) is 0 Å². The van der Waals surface area contributed by atoms with Crippen molar-refractivity contribution in [1.82, 2.24) is 5.32 Å². The molecule has 0 unspecified atom stereocenters. The third-order valence-corrected chi connectivity index (χ3v) is 3.79. The number of ether oxygens (including phenoxy) is 1. The lowest BCUT2D eigenvalue weighted by molar-refractivity contribution is -0.147. The van der Waals surface area contributed by atoms with Crippen LogP contribution >= 0.6 is 11.6 Å². The Morgan fingerprint density at radius 3 is 2.34 bits per heavy atom. The molecule has 29 heavy (non-hydrogen) atoms. The van der Waals surface area contributed by atoms with E-state index in [1.54, 1.807) is 48.5 Å². The Labute approximate surface area is 171 Å². The van der Waals surface area contributed by atoms with Gasteiger partial charge in [-0.1, -0.05) is 23.7 Å². The summed E-state index contributed by atoms with van der Waals surface area (Å²) >= 11 is 5.82. The summed E-state index contributed by atoms with van der Waals surface area (Å²) in [5, 5.41) is 8.00. The molecule has 10 heteroatoms. The lowest BCUT2D eigenvalue weighted by Gasteiger charge is -2.12. The quantitative estimate of drug-likeness (QED) is 0.486. The molecular weight excluding hydrogens is 400 g/mol. The van der Waals surface area contributed by atoms with E-state index in [4.69, 9.17) is 22.1 Å². The van der Waals surface area contributed by atoms with E-state index in [-0.39, 0.29) is 24.2 Å². The van der Waals surface area contributed by atoms with Gasteiger partial charge >= 0.3 is 12.0 Å². The van der Waals surface area contributed by atoms with E-state index in [1.807, 2.05) is 0 Å². The molecule has 2 rings (SSSR count). The number of nitrogens with two attached hydrogens (primary N) is 1. The van der Waals surface area contributed by atoms with Crippen molar-refractivity contribution in [1.29, 1.82) is 0 Å². The second kappa shape index (κ2) is 10.7. The minimum atomic E-state index is -0.760. The highest BCUT2D eigenvalue weighted by atomic mass is 35.5. The Hall–Kier alpha value is -3.59. The first-order chi connectivity index (χ1) is 13.8. The van der Waals surface area contributed by atoms with E-state index in [2.05, 4.69) is 16.0 Å². The SMILES string of the molecule is NC(=O)NCCC(=O)OCC(=O)Nc1ccccc1C(=O)Nc1ccc(Cl)cc1. The van der Waals surface area contributed by atoms with E-state index >= 15 is 0 Å². The highest BCUT2D eigenvalue weighted by molar-refractivity contribution is 6.30. The highest BCUT2D eigenvalue weighted by Crippen LogP contribution is 2.19. The minimum Gasteiger partial charge on any atom is -0.456 e. The van der Waals surface area contributed by atoms with E-state index in [9.17, 15) is 19.2 Å². The van der Waals surface area contributed by atoms with Gasteiger partial charge in [0.05, 0.1) is 17.7 Å². The number of para-hydroxylation sites is 1. The van der Waals surface area contributed by atoms with Crippen molar-refractivity contribution in [3.8, 4) is 0 Å². The van der Waals surface area contributed by atoms with Crippen molar-refractivity contribution in [2.45, 2.75) is 6.42 Å². The Kier molecular flexibility index (Phi) is 7.99. The molecule has 0 atom stereocenters. The number of primary amides is 1. The maximum atomic E-state index is 12.5. The first kappa shape index (κ1) is 21.7. The van der Waals surface area contributed by atoms with Crippen LogP contribution < -0.4 is 21.7 Å². The topological polar surface area (TPSA) is 140 Å². The van der Waals surface area contributed by atoms with Crippen LogP contribution in [0.5, 0.6) is 0 Å². The number of halogens is 1.